The fourth-order valence-electron chi connectivity index (χ4n) is 1.75. The lowest BCUT2D eigenvalue weighted by Gasteiger charge is -2.12. The van der Waals surface area contributed by atoms with Crippen LogP contribution in [0.25, 0.3) is 0 Å². The van der Waals surface area contributed by atoms with Gasteiger partial charge in [-0.05, 0) is 27.6 Å². The van der Waals surface area contributed by atoms with Crippen LogP contribution in [0.3, 0.4) is 0 Å². The van der Waals surface area contributed by atoms with Crippen LogP contribution in [0.15, 0.2) is 46.9 Å². The van der Waals surface area contributed by atoms with E-state index in [2.05, 4.69) is 15.9 Å². The van der Waals surface area contributed by atoms with E-state index in [1.807, 2.05) is 6.07 Å². The maximum Gasteiger partial charge on any atom is 0.269 e. The van der Waals surface area contributed by atoms with E-state index in [-0.39, 0.29) is 18.9 Å². The number of para-hydroxylation sites is 1. The molecule has 0 saturated heterocycles. The average molecular weight is 338 g/mol. The molecule has 0 aliphatic carbocycles. The van der Waals surface area contributed by atoms with Crippen molar-refractivity contribution in [1.82, 2.24) is 0 Å². The quantitative estimate of drug-likeness (QED) is 0.670. The highest BCUT2D eigenvalue weighted by atomic mass is 79.9. The van der Waals surface area contributed by atoms with E-state index in [4.69, 9.17) is 4.74 Å². The highest BCUT2D eigenvalue weighted by molar-refractivity contribution is 9.10. The molecule has 0 bridgehead atoms. The lowest BCUT2D eigenvalue weighted by atomic mass is 10.2. The van der Waals surface area contributed by atoms with Crippen molar-refractivity contribution in [3.8, 4) is 5.75 Å². The number of benzene rings is 2. The van der Waals surface area contributed by atoms with E-state index in [1.54, 1.807) is 24.3 Å². The van der Waals surface area contributed by atoms with Crippen LogP contribution in [-0.2, 0) is 13.2 Å². The highest BCUT2D eigenvalue weighted by Crippen LogP contribution is 2.30. The van der Waals surface area contributed by atoms with Crippen molar-refractivity contribution in [1.29, 1.82) is 0 Å². The number of aliphatic hydroxyl groups excluding tert-OH is 1. The van der Waals surface area contributed by atoms with Crippen molar-refractivity contribution in [3.63, 3.8) is 0 Å². The Labute approximate surface area is 124 Å². The molecular weight excluding hydrogens is 326 g/mol. The summed E-state index contributed by atoms with van der Waals surface area (Å²) in [5, 5.41) is 20.0. The van der Waals surface area contributed by atoms with Gasteiger partial charge in [0.05, 0.1) is 16.0 Å². The molecule has 2 rings (SSSR count). The number of rotatable bonds is 5. The fraction of sp³-hybridized carbons (Fsp3) is 0.143. The summed E-state index contributed by atoms with van der Waals surface area (Å²) in [6, 6.07) is 11.6. The molecular formula is C14H12BrNO4. The number of hydrogen-bond acceptors (Lipinski definition) is 4. The third-order valence-electron chi connectivity index (χ3n) is 2.72. The van der Waals surface area contributed by atoms with E-state index in [1.165, 1.54) is 12.1 Å². The summed E-state index contributed by atoms with van der Waals surface area (Å²) in [5.41, 5.74) is 1.38. The van der Waals surface area contributed by atoms with Crippen LogP contribution >= 0.6 is 15.9 Å². The number of nitro groups is 1. The Morgan fingerprint density at radius 3 is 2.70 bits per heavy atom. The van der Waals surface area contributed by atoms with Crippen molar-refractivity contribution < 1.29 is 14.8 Å². The molecule has 0 heterocycles. The van der Waals surface area contributed by atoms with Crippen LogP contribution in [0.2, 0.25) is 0 Å². The molecule has 0 amide bonds. The van der Waals surface area contributed by atoms with E-state index in [0.29, 0.717) is 16.9 Å². The molecule has 2 aromatic rings. The summed E-state index contributed by atoms with van der Waals surface area (Å²) in [6.07, 6.45) is 0. The van der Waals surface area contributed by atoms with Gasteiger partial charge in [-0.25, -0.2) is 0 Å². The molecule has 6 heteroatoms. The lowest BCUT2D eigenvalue weighted by molar-refractivity contribution is -0.384. The normalized spacial score (nSPS) is 10.3. The molecule has 0 aromatic heterocycles. The van der Waals surface area contributed by atoms with Gasteiger partial charge in [-0.2, -0.15) is 0 Å². The molecule has 2 aromatic carbocycles. The minimum absolute atomic E-state index is 0.0283. The number of non-ortho nitro benzene ring substituents is 1. The van der Waals surface area contributed by atoms with Gasteiger partial charge in [-0.15, -0.1) is 0 Å². The van der Waals surface area contributed by atoms with Gasteiger partial charge >= 0.3 is 0 Å². The van der Waals surface area contributed by atoms with Crippen LogP contribution in [0.5, 0.6) is 5.75 Å². The largest absolute Gasteiger partial charge is 0.487 e. The van der Waals surface area contributed by atoms with Crippen molar-refractivity contribution >= 4 is 21.6 Å². The minimum atomic E-state index is -0.443. The highest BCUT2D eigenvalue weighted by Gasteiger charge is 2.09. The predicted octanol–water partition coefficient (Wildman–Crippen LogP) is 3.43. The van der Waals surface area contributed by atoms with Crippen molar-refractivity contribution in [2.24, 2.45) is 0 Å². The summed E-state index contributed by atoms with van der Waals surface area (Å²) >= 11 is 3.35. The molecule has 20 heavy (non-hydrogen) atoms. The first kappa shape index (κ1) is 14.5. The maximum atomic E-state index is 10.7. The van der Waals surface area contributed by atoms with Crippen molar-refractivity contribution in [2.75, 3.05) is 0 Å². The lowest BCUT2D eigenvalue weighted by Crippen LogP contribution is -2.00. The number of ether oxygens (including phenoxy) is 1. The molecule has 0 aliphatic heterocycles. The van der Waals surface area contributed by atoms with Gasteiger partial charge in [0, 0.05) is 17.7 Å². The van der Waals surface area contributed by atoms with E-state index in [9.17, 15) is 15.2 Å². The number of hydrogen-bond donors (Lipinski definition) is 1. The summed E-state index contributed by atoms with van der Waals surface area (Å²) in [4.78, 5) is 10.3. The second kappa shape index (κ2) is 6.49. The van der Waals surface area contributed by atoms with Crippen LogP contribution in [0, 0.1) is 10.1 Å². The first-order valence-electron chi connectivity index (χ1n) is 5.86. The van der Waals surface area contributed by atoms with Crippen LogP contribution in [-0.4, -0.2) is 10.0 Å². The Morgan fingerprint density at radius 1 is 1.25 bits per heavy atom. The van der Waals surface area contributed by atoms with Crippen LogP contribution < -0.4 is 4.74 Å². The van der Waals surface area contributed by atoms with Crippen LogP contribution in [0.1, 0.15) is 11.1 Å². The molecule has 0 unspecified atom stereocenters. The summed E-state index contributed by atoms with van der Waals surface area (Å²) in [7, 11) is 0. The molecule has 0 spiro atoms. The first-order chi connectivity index (χ1) is 9.61. The van der Waals surface area contributed by atoms with Gasteiger partial charge in [0.1, 0.15) is 12.4 Å². The predicted molar refractivity (Wildman–Crippen MR) is 77.5 cm³/mol. The molecule has 0 aliphatic rings. The van der Waals surface area contributed by atoms with E-state index < -0.39 is 4.92 Å². The molecule has 5 nitrogen and oxygen atoms in total. The van der Waals surface area contributed by atoms with Gasteiger partial charge in [0.15, 0.2) is 0 Å². The zero-order valence-corrected chi connectivity index (χ0v) is 12.0. The Balaban J connectivity index is 2.17. The third-order valence-corrected chi connectivity index (χ3v) is 3.35. The number of nitrogens with zero attached hydrogens (tertiary/aromatic N) is 1. The second-order valence-electron chi connectivity index (χ2n) is 4.10. The van der Waals surface area contributed by atoms with Crippen molar-refractivity contribution in [3.05, 3.63) is 68.2 Å². The Hall–Kier alpha value is -1.92. The number of nitro benzene ring substituents is 1. The third kappa shape index (κ3) is 3.34. The average Bonchev–Trinajstić information content (AvgIpc) is 2.46. The molecule has 0 fully saturated rings. The zero-order valence-electron chi connectivity index (χ0n) is 10.5. The number of aliphatic hydroxyl groups is 1. The SMILES string of the molecule is O=[N+]([O-])c1cccc(COc2c(Br)cccc2CO)c1. The van der Waals surface area contributed by atoms with Crippen LogP contribution in [0.4, 0.5) is 5.69 Å². The van der Waals surface area contributed by atoms with E-state index in [0.717, 1.165) is 4.47 Å². The smallest absolute Gasteiger partial charge is 0.269 e. The van der Waals surface area contributed by atoms with Gasteiger partial charge in [0.2, 0.25) is 0 Å². The second-order valence-corrected chi connectivity index (χ2v) is 4.96. The molecule has 1 N–H and O–H groups in total. The summed E-state index contributed by atoms with van der Waals surface area (Å²) < 4.78 is 6.38. The molecule has 104 valence electrons. The Morgan fingerprint density at radius 2 is 2.00 bits per heavy atom. The Kier molecular flexibility index (Phi) is 4.70. The van der Waals surface area contributed by atoms with Gasteiger partial charge < -0.3 is 9.84 Å². The topological polar surface area (TPSA) is 72.6 Å². The van der Waals surface area contributed by atoms with Gasteiger partial charge in [-0.3, -0.25) is 10.1 Å². The van der Waals surface area contributed by atoms with E-state index >= 15 is 0 Å². The summed E-state index contributed by atoms with van der Waals surface area (Å²) in [6.45, 7) is 0.0566. The first-order valence-corrected chi connectivity index (χ1v) is 6.65. The fourth-order valence-corrected chi connectivity index (χ4v) is 2.28. The van der Waals surface area contributed by atoms with Gasteiger partial charge in [-0.1, -0.05) is 24.3 Å². The van der Waals surface area contributed by atoms with Gasteiger partial charge in [0.25, 0.3) is 5.69 Å². The molecule has 0 saturated carbocycles. The standard InChI is InChI=1S/C14H12BrNO4/c15-13-6-2-4-11(8-17)14(13)20-9-10-3-1-5-12(7-10)16(18)19/h1-7,17H,8-9H2. The number of halogens is 1. The molecule has 0 radical (unpaired) electrons. The maximum absolute atomic E-state index is 10.7. The monoisotopic (exact) mass is 337 g/mol. The molecule has 0 atom stereocenters. The zero-order chi connectivity index (χ0) is 14.5. The summed E-state index contributed by atoms with van der Waals surface area (Å²) in [5.74, 6) is 0.543. The Bertz CT molecular complexity index is 630. The van der Waals surface area contributed by atoms with Crippen molar-refractivity contribution in [2.45, 2.75) is 13.2 Å². The minimum Gasteiger partial charge on any atom is -0.487 e.